The smallest absolute Gasteiger partial charge is 0.151 e. The van der Waals surface area contributed by atoms with Crippen LogP contribution in [0.1, 0.15) is 6.92 Å². The summed E-state index contributed by atoms with van der Waals surface area (Å²) in [6, 6.07) is 0. The summed E-state index contributed by atoms with van der Waals surface area (Å²) in [5.41, 5.74) is 0. The van der Waals surface area contributed by atoms with Crippen LogP contribution in [0.4, 0.5) is 0 Å². The van der Waals surface area contributed by atoms with Crippen molar-refractivity contribution >= 4 is 6.21 Å². The van der Waals surface area contributed by atoms with E-state index in [0.29, 0.717) is 13.2 Å². The van der Waals surface area contributed by atoms with E-state index in [0.717, 1.165) is 0 Å². The number of ether oxygens (including phenoxy) is 1. The van der Waals surface area contributed by atoms with Gasteiger partial charge in [-0.1, -0.05) is 11.7 Å². The molecule has 0 saturated carbocycles. The predicted octanol–water partition coefficient (Wildman–Crippen LogP) is 1.17. The lowest BCUT2D eigenvalue weighted by Crippen LogP contribution is -1.95. The number of rotatable bonds is 5. The zero-order valence-corrected chi connectivity index (χ0v) is 5.54. The first kappa shape index (κ1) is 8.01. The summed E-state index contributed by atoms with van der Waals surface area (Å²) in [6.07, 6.45) is 2.95. The number of nitrogens with zero attached hydrogens (tertiary/aromatic N) is 1. The molecule has 0 spiro atoms. The van der Waals surface area contributed by atoms with E-state index in [2.05, 4.69) is 16.6 Å². The third-order valence-electron chi connectivity index (χ3n) is 0.590. The maximum absolute atomic E-state index is 4.75. The summed E-state index contributed by atoms with van der Waals surface area (Å²) in [4.78, 5) is 4.68. The fourth-order valence-corrected chi connectivity index (χ4v) is 0.296. The van der Waals surface area contributed by atoms with Gasteiger partial charge in [-0.25, -0.2) is 0 Å². The summed E-state index contributed by atoms with van der Waals surface area (Å²) < 4.78 is 4.75. The first-order chi connectivity index (χ1) is 4.41. The van der Waals surface area contributed by atoms with E-state index in [9.17, 15) is 0 Å². The standard InChI is InChI=1S/C6H11NO2/c1-3-7-9-6-5-8-4-2/h3-4H,2,5-6H2,1H3. The van der Waals surface area contributed by atoms with Crippen LogP contribution < -0.4 is 0 Å². The molecule has 3 heteroatoms. The topological polar surface area (TPSA) is 30.8 Å². The molecular weight excluding hydrogens is 118 g/mol. The first-order valence-electron chi connectivity index (χ1n) is 2.74. The Bertz CT molecular complexity index is 91.1. The van der Waals surface area contributed by atoms with Gasteiger partial charge in [-0.3, -0.25) is 0 Å². The molecule has 52 valence electrons. The molecule has 0 bridgehead atoms. The van der Waals surface area contributed by atoms with Crippen molar-refractivity contribution in [3.8, 4) is 0 Å². The Hall–Kier alpha value is -0.990. The minimum absolute atomic E-state index is 0.469. The fourth-order valence-electron chi connectivity index (χ4n) is 0.296. The summed E-state index contributed by atoms with van der Waals surface area (Å²) in [6.45, 7) is 6.12. The maximum atomic E-state index is 4.75. The van der Waals surface area contributed by atoms with E-state index in [1.54, 1.807) is 13.1 Å². The summed E-state index contributed by atoms with van der Waals surface area (Å²) >= 11 is 0. The Labute approximate surface area is 55.0 Å². The van der Waals surface area contributed by atoms with Crippen LogP contribution in [0.15, 0.2) is 18.0 Å². The van der Waals surface area contributed by atoms with Crippen molar-refractivity contribution in [1.82, 2.24) is 0 Å². The Kier molecular flexibility index (Phi) is 6.24. The molecule has 0 fully saturated rings. The molecule has 0 aromatic heterocycles. The molecule has 0 amide bonds. The molecule has 0 aliphatic heterocycles. The van der Waals surface area contributed by atoms with Crippen LogP contribution in [0.2, 0.25) is 0 Å². The van der Waals surface area contributed by atoms with Gasteiger partial charge in [0.2, 0.25) is 0 Å². The average Bonchev–Trinajstić information content (AvgIpc) is 1.89. The van der Waals surface area contributed by atoms with E-state index in [1.807, 2.05) is 0 Å². The quantitative estimate of drug-likeness (QED) is 0.241. The van der Waals surface area contributed by atoms with Crippen LogP contribution in [0, 0.1) is 0 Å². The first-order valence-corrected chi connectivity index (χ1v) is 2.74. The fraction of sp³-hybridized carbons (Fsp3) is 0.500. The van der Waals surface area contributed by atoms with Gasteiger partial charge in [-0.15, -0.1) is 0 Å². The lowest BCUT2D eigenvalue weighted by Gasteiger charge is -1.96. The second-order valence-corrected chi connectivity index (χ2v) is 1.23. The monoisotopic (exact) mass is 129 g/mol. The molecule has 9 heavy (non-hydrogen) atoms. The normalized spacial score (nSPS) is 9.44. The molecule has 0 saturated heterocycles. The molecule has 0 aromatic rings. The minimum atomic E-state index is 0.469. The second kappa shape index (κ2) is 7.01. The van der Waals surface area contributed by atoms with E-state index in [1.165, 1.54) is 6.26 Å². The average molecular weight is 129 g/mol. The highest BCUT2D eigenvalue weighted by atomic mass is 16.6. The summed E-state index contributed by atoms with van der Waals surface area (Å²) in [5, 5.41) is 3.50. The Balaban J connectivity index is 2.82. The highest BCUT2D eigenvalue weighted by Crippen LogP contribution is 1.77. The number of oxime groups is 1. The predicted molar refractivity (Wildman–Crippen MR) is 36.3 cm³/mol. The van der Waals surface area contributed by atoms with E-state index >= 15 is 0 Å². The van der Waals surface area contributed by atoms with Crippen LogP contribution in [0.25, 0.3) is 0 Å². The Morgan fingerprint density at radius 1 is 1.56 bits per heavy atom. The molecular formula is C6H11NO2. The molecule has 0 atom stereocenters. The molecule has 0 aliphatic rings. The summed E-state index contributed by atoms with van der Waals surface area (Å²) in [7, 11) is 0. The van der Waals surface area contributed by atoms with Crippen LogP contribution in [0.5, 0.6) is 0 Å². The molecule has 0 rings (SSSR count). The van der Waals surface area contributed by atoms with E-state index in [-0.39, 0.29) is 0 Å². The zero-order chi connectivity index (χ0) is 6.95. The van der Waals surface area contributed by atoms with Gasteiger partial charge >= 0.3 is 0 Å². The maximum Gasteiger partial charge on any atom is 0.151 e. The van der Waals surface area contributed by atoms with Crippen LogP contribution in [-0.2, 0) is 9.57 Å². The van der Waals surface area contributed by atoms with Crippen molar-refractivity contribution in [2.45, 2.75) is 6.92 Å². The second-order valence-electron chi connectivity index (χ2n) is 1.23. The SMILES string of the molecule is C=COCCON=CC. The van der Waals surface area contributed by atoms with Gasteiger partial charge in [-0.05, 0) is 6.92 Å². The van der Waals surface area contributed by atoms with Crippen molar-refractivity contribution in [3.05, 3.63) is 12.8 Å². The van der Waals surface area contributed by atoms with Crippen LogP contribution in [-0.4, -0.2) is 19.4 Å². The van der Waals surface area contributed by atoms with Gasteiger partial charge in [0.1, 0.15) is 6.61 Å². The van der Waals surface area contributed by atoms with Crippen molar-refractivity contribution in [2.75, 3.05) is 13.2 Å². The van der Waals surface area contributed by atoms with Crippen LogP contribution >= 0.6 is 0 Å². The molecule has 0 radical (unpaired) electrons. The van der Waals surface area contributed by atoms with Gasteiger partial charge in [0.25, 0.3) is 0 Å². The van der Waals surface area contributed by atoms with Gasteiger partial charge in [0.05, 0.1) is 6.26 Å². The third-order valence-corrected chi connectivity index (χ3v) is 0.590. The molecule has 0 heterocycles. The lowest BCUT2D eigenvalue weighted by molar-refractivity contribution is 0.0916. The highest BCUT2D eigenvalue weighted by molar-refractivity contribution is 5.52. The zero-order valence-electron chi connectivity index (χ0n) is 5.54. The van der Waals surface area contributed by atoms with Crippen molar-refractivity contribution in [2.24, 2.45) is 5.16 Å². The highest BCUT2D eigenvalue weighted by Gasteiger charge is 1.79. The van der Waals surface area contributed by atoms with Crippen molar-refractivity contribution < 1.29 is 9.57 Å². The van der Waals surface area contributed by atoms with Gasteiger partial charge in [-0.2, -0.15) is 0 Å². The molecule has 0 N–H and O–H groups in total. The Morgan fingerprint density at radius 2 is 2.33 bits per heavy atom. The van der Waals surface area contributed by atoms with Gasteiger partial charge in [0, 0.05) is 6.21 Å². The number of hydrogen-bond donors (Lipinski definition) is 0. The molecule has 0 aliphatic carbocycles. The van der Waals surface area contributed by atoms with E-state index < -0.39 is 0 Å². The lowest BCUT2D eigenvalue weighted by atomic mass is 10.8. The molecule has 0 aromatic carbocycles. The minimum Gasteiger partial charge on any atom is -0.498 e. The molecule has 0 unspecified atom stereocenters. The molecule has 3 nitrogen and oxygen atoms in total. The van der Waals surface area contributed by atoms with Crippen molar-refractivity contribution in [3.63, 3.8) is 0 Å². The third kappa shape index (κ3) is 7.01. The van der Waals surface area contributed by atoms with Crippen molar-refractivity contribution in [1.29, 1.82) is 0 Å². The number of hydrogen-bond acceptors (Lipinski definition) is 3. The Morgan fingerprint density at radius 3 is 2.89 bits per heavy atom. The van der Waals surface area contributed by atoms with Gasteiger partial charge < -0.3 is 9.57 Å². The largest absolute Gasteiger partial charge is 0.498 e. The van der Waals surface area contributed by atoms with E-state index in [4.69, 9.17) is 4.74 Å². The summed E-state index contributed by atoms with van der Waals surface area (Å²) in [5.74, 6) is 0. The van der Waals surface area contributed by atoms with Crippen LogP contribution in [0.3, 0.4) is 0 Å². The van der Waals surface area contributed by atoms with Gasteiger partial charge in [0.15, 0.2) is 6.61 Å².